The Morgan fingerprint density at radius 3 is 1.96 bits per heavy atom. The number of sulfonamides is 1. The quantitative estimate of drug-likeness (QED) is 0.867. The molecule has 140 valence electrons. The monoisotopic (exact) mass is 366 g/mol. The number of benzene rings is 1. The molecule has 1 saturated heterocycles. The second-order valence-electron chi connectivity index (χ2n) is 7.55. The van der Waals surface area contributed by atoms with Crippen molar-refractivity contribution in [2.45, 2.75) is 52.4 Å². The second-order valence-corrected chi connectivity index (χ2v) is 9.53. The minimum Gasteiger partial charge on any atom is -0.325 e. The molecule has 0 saturated carbocycles. The van der Waals surface area contributed by atoms with Gasteiger partial charge in [0.1, 0.15) is 0 Å². The van der Waals surface area contributed by atoms with Crippen molar-refractivity contribution in [2.75, 3.05) is 24.7 Å². The lowest BCUT2D eigenvalue weighted by atomic mass is 9.91. The van der Waals surface area contributed by atoms with Crippen LogP contribution in [-0.2, 0) is 14.8 Å². The number of piperidine rings is 1. The number of hydrogen-bond acceptors (Lipinski definition) is 3. The van der Waals surface area contributed by atoms with Gasteiger partial charge in [-0.15, -0.1) is 0 Å². The van der Waals surface area contributed by atoms with Crippen molar-refractivity contribution in [1.29, 1.82) is 0 Å². The van der Waals surface area contributed by atoms with Crippen LogP contribution in [0, 0.1) is 5.92 Å². The number of nitrogens with one attached hydrogen (secondary N) is 1. The van der Waals surface area contributed by atoms with Crippen molar-refractivity contribution in [3.8, 4) is 0 Å². The van der Waals surface area contributed by atoms with Gasteiger partial charge in [0, 0.05) is 24.7 Å². The van der Waals surface area contributed by atoms with Gasteiger partial charge in [0.15, 0.2) is 0 Å². The van der Waals surface area contributed by atoms with Gasteiger partial charge >= 0.3 is 0 Å². The lowest BCUT2D eigenvalue weighted by Crippen LogP contribution is -2.41. The van der Waals surface area contributed by atoms with Gasteiger partial charge in [0.25, 0.3) is 0 Å². The molecular weight excluding hydrogens is 336 g/mol. The number of carbonyl (C=O) groups is 1. The van der Waals surface area contributed by atoms with Crippen molar-refractivity contribution in [3.05, 3.63) is 29.3 Å². The van der Waals surface area contributed by atoms with E-state index in [0.29, 0.717) is 37.8 Å². The molecule has 0 atom stereocenters. The average molecular weight is 367 g/mol. The van der Waals surface area contributed by atoms with Crippen LogP contribution in [0.1, 0.15) is 63.5 Å². The normalized spacial score (nSPS) is 17.2. The molecule has 6 heteroatoms. The van der Waals surface area contributed by atoms with Gasteiger partial charge < -0.3 is 5.32 Å². The molecular formula is C19H30N2O3S. The number of carbonyl (C=O) groups excluding carboxylic acids is 1. The topological polar surface area (TPSA) is 66.5 Å². The average Bonchev–Trinajstić information content (AvgIpc) is 2.53. The van der Waals surface area contributed by atoms with Gasteiger partial charge in [-0.1, -0.05) is 45.9 Å². The second kappa shape index (κ2) is 7.87. The van der Waals surface area contributed by atoms with E-state index in [1.54, 1.807) is 0 Å². The summed E-state index contributed by atoms with van der Waals surface area (Å²) < 4.78 is 24.7. The van der Waals surface area contributed by atoms with Crippen LogP contribution in [0.25, 0.3) is 0 Å². The first-order chi connectivity index (χ1) is 11.6. The van der Waals surface area contributed by atoms with E-state index >= 15 is 0 Å². The Morgan fingerprint density at radius 2 is 1.56 bits per heavy atom. The van der Waals surface area contributed by atoms with E-state index in [0.717, 1.165) is 16.8 Å². The molecule has 0 unspecified atom stereocenters. The maximum Gasteiger partial charge on any atom is 0.227 e. The fourth-order valence-corrected chi connectivity index (χ4v) is 4.24. The molecule has 1 fully saturated rings. The first kappa shape index (κ1) is 19.9. The first-order valence-electron chi connectivity index (χ1n) is 9.00. The molecule has 5 nitrogen and oxygen atoms in total. The molecule has 0 spiro atoms. The predicted molar refractivity (Wildman–Crippen MR) is 102 cm³/mol. The molecule has 2 rings (SSSR count). The van der Waals surface area contributed by atoms with E-state index in [1.165, 1.54) is 10.6 Å². The molecule has 1 amide bonds. The van der Waals surface area contributed by atoms with Crippen LogP contribution in [0.15, 0.2) is 18.2 Å². The predicted octanol–water partition coefficient (Wildman–Crippen LogP) is 3.54. The van der Waals surface area contributed by atoms with Crippen LogP contribution >= 0.6 is 0 Å². The van der Waals surface area contributed by atoms with Crippen molar-refractivity contribution in [2.24, 2.45) is 5.92 Å². The number of nitrogens with zero attached hydrogens (tertiary/aromatic N) is 1. The molecule has 1 N–H and O–H groups in total. The Hall–Kier alpha value is -1.40. The standard InChI is InChI=1S/C19H30N2O3S/c1-13(2)16-7-6-8-17(14(3)4)18(16)20-19(22)15-9-11-21(12-10-15)25(5,23)24/h6-8,13-15H,9-12H2,1-5H3,(H,20,22). The zero-order chi connectivity index (χ0) is 18.8. The van der Waals surface area contributed by atoms with Crippen LogP contribution in [0.3, 0.4) is 0 Å². The highest BCUT2D eigenvalue weighted by molar-refractivity contribution is 7.88. The zero-order valence-electron chi connectivity index (χ0n) is 15.9. The van der Waals surface area contributed by atoms with E-state index in [1.807, 2.05) is 6.07 Å². The molecule has 1 aromatic carbocycles. The highest BCUT2D eigenvalue weighted by Crippen LogP contribution is 2.33. The third-order valence-corrected chi connectivity index (χ3v) is 6.22. The molecule has 0 radical (unpaired) electrons. The Bertz CT molecular complexity index is 692. The maximum atomic E-state index is 12.8. The van der Waals surface area contributed by atoms with Crippen molar-refractivity contribution < 1.29 is 13.2 Å². The fourth-order valence-electron chi connectivity index (χ4n) is 3.37. The summed E-state index contributed by atoms with van der Waals surface area (Å²) in [5.41, 5.74) is 3.23. The van der Waals surface area contributed by atoms with Gasteiger partial charge in [0.2, 0.25) is 15.9 Å². The summed E-state index contributed by atoms with van der Waals surface area (Å²) in [4.78, 5) is 12.8. The third kappa shape index (κ3) is 4.82. The molecule has 25 heavy (non-hydrogen) atoms. The number of rotatable bonds is 5. The Kier molecular flexibility index (Phi) is 6.27. The Morgan fingerprint density at radius 1 is 1.08 bits per heavy atom. The molecule has 0 bridgehead atoms. The van der Waals surface area contributed by atoms with Gasteiger partial charge in [-0.25, -0.2) is 12.7 Å². The SMILES string of the molecule is CC(C)c1cccc(C(C)C)c1NC(=O)C1CCN(S(C)(=O)=O)CC1. The molecule has 1 aromatic rings. The third-order valence-electron chi connectivity index (χ3n) is 4.91. The van der Waals surface area contributed by atoms with Crippen LogP contribution in [0.5, 0.6) is 0 Å². The summed E-state index contributed by atoms with van der Waals surface area (Å²) in [6.07, 6.45) is 2.36. The first-order valence-corrected chi connectivity index (χ1v) is 10.8. The highest BCUT2D eigenvalue weighted by atomic mass is 32.2. The molecule has 1 aliphatic heterocycles. The summed E-state index contributed by atoms with van der Waals surface area (Å²) in [5.74, 6) is 0.503. The summed E-state index contributed by atoms with van der Waals surface area (Å²) in [7, 11) is -3.17. The molecule has 0 aromatic heterocycles. The van der Waals surface area contributed by atoms with Crippen LogP contribution in [0.4, 0.5) is 5.69 Å². The van der Waals surface area contributed by atoms with E-state index in [-0.39, 0.29) is 11.8 Å². The lowest BCUT2D eigenvalue weighted by molar-refractivity contribution is -0.120. The Labute approximate surface area is 151 Å². The highest BCUT2D eigenvalue weighted by Gasteiger charge is 2.29. The summed E-state index contributed by atoms with van der Waals surface area (Å²) in [6.45, 7) is 9.33. The molecule has 0 aliphatic carbocycles. The zero-order valence-corrected chi connectivity index (χ0v) is 16.7. The number of amides is 1. The number of hydrogen-bond donors (Lipinski definition) is 1. The largest absolute Gasteiger partial charge is 0.325 e. The number of anilines is 1. The molecule has 1 aliphatic rings. The summed E-state index contributed by atoms with van der Waals surface area (Å²) >= 11 is 0. The van der Waals surface area contributed by atoms with Gasteiger partial charge in [-0.2, -0.15) is 0 Å². The fraction of sp³-hybridized carbons (Fsp3) is 0.632. The summed E-state index contributed by atoms with van der Waals surface area (Å²) in [5, 5.41) is 3.16. The van der Waals surface area contributed by atoms with E-state index in [2.05, 4.69) is 45.1 Å². The minimum atomic E-state index is -3.17. The Balaban J connectivity index is 2.16. The van der Waals surface area contributed by atoms with Crippen molar-refractivity contribution >= 4 is 21.6 Å². The lowest BCUT2D eigenvalue weighted by Gasteiger charge is -2.30. The van der Waals surface area contributed by atoms with Crippen LogP contribution in [-0.4, -0.2) is 38.0 Å². The number of para-hydroxylation sites is 1. The smallest absolute Gasteiger partial charge is 0.227 e. The van der Waals surface area contributed by atoms with E-state index < -0.39 is 10.0 Å². The van der Waals surface area contributed by atoms with E-state index in [4.69, 9.17) is 0 Å². The van der Waals surface area contributed by atoms with Gasteiger partial charge in [0.05, 0.1) is 6.26 Å². The van der Waals surface area contributed by atoms with Crippen molar-refractivity contribution in [3.63, 3.8) is 0 Å². The maximum absolute atomic E-state index is 12.8. The van der Waals surface area contributed by atoms with Crippen LogP contribution < -0.4 is 5.32 Å². The molecule has 1 heterocycles. The van der Waals surface area contributed by atoms with Crippen LogP contribution in [0.2, 0.25) is 0 Å². The van der Waals surface area contributed by atoms with E-state index in [9.17, 15) is 13.2 Å². The van der Waals surface area contributed by atoms with Gasteiger partial charge in [-0.3, -0.25) is 4.79 Å². The van der Waals surface area contributed by atoms with Gasteiger partial charge in [-0.05, 0) is 35.8 Å². The van der Waals surface area contributed by atoms with Crippen molar-refractivity contribution in [1.82, 2.24) is 4.31 Å². The minimum absolute atomic E-state index is 0.00292. The summed E-state index contributed by atoms with van der Waals surface area (Å²) in [6, 6.07) is 6.18.